The van der Waals surface area contributed by atoms with Gasteiger partial charge in [-0.05, 0) is 37.5 Å². The van der Waals surface area contributed by atoms with E-state index >= 15 is 0 Å². The minimum absolute atomic E-state index is 0.0390. The molecule has 27 heavy (non-hydrogen) atoms. The third kappa shape index (κ3) is 3.50. The van der Waals surface area contributed by atoms with E-state index in [-0.39, 0.29) is 17.9 Å². The first-order valence-electron chi connectivity index (χ1n) is 9.28. The molecule has 0 radical (unpaired) electrons. The zero-order valence-corrected chi connectivity index (χ0v) is 16.4. The first-order chi connectivity index (χ1) is 12.8. The summed E-state index contributed by atoms with van der Waals surface area (Å²) in [5.41, 5.74) is 2.20. The number of fused-ring (bicyclic) bond motifs is 1. The van der Waals surface area contributed by atoms with Gasteiger partial charge in [0.2, 0.25) is 11.8 Å². The SMILES string of the molecule is COC(=O)N1CCCN(C(=O)Cc2ccc3c(c2)C(C)(C)C(=O)N3C)CC1. The molecule has 1 fully saturated rings. The Bertz CT molecular complexity index is 774. The van der Waals surface area contributed by atoms with Crippen molar-refractivity contribution < 1.29 is 19.1 Å². The lowest BCUT2D eigenvalue weighted by Gasteiger charge is -2.22. The van der Waals surface area contributed by atoms with Gasteiger partial charge in [0.25, 0.3) is 0 Å². The number of rotatable bonds is 2. The van der Waals surface area contributed by atoms with Crippen LogP contribution < -0.4 is 4.90 Å². The molecule has 3 rings (SSSR count). The highest BCUT2D eigenvalue weighted by Gasteiger charge is 2.42. The minimum Gasteiger partial charge on any atom is -0.453 e. The predicted molar refractivity (Wildman–Crippen MR) is 102 cm³/mol. The fourth-order valence-electron chi connectivity index (χ4n) is 3.90. The molecule has 1 aromatic carbocycles. The molecule has 0 saturated carbocycles. The van der Waals surface area contributed by atoms with Crippen molar-refractivity contribution in [2.75, 3.05) is 45.2 Å². The van der Waals surface area contributed by atoms with Gasteiger partial charge in [-0.15, -0.1) is 0 Å². The number of hydrogen-bond donors (Lipinski definition) is 0. The molecule has 146 valence electrons. The molecule has 0 spiro atoms. The van der Waals surface area contributed by atoms with Gasteiger partial charge >= 0.3 is 6.09 Å². The second kappa shape index (κ2) is 7.21. The maximum Gasteiger partial charge on any atom is 0.409 e. The van der Waals surface area contributed by atoms with E-state index in [1.165, 1.54) is 7.11 Å². The number of benzene rings is 1. The maximum atomic E-state index is 12.8. The van der Waals surface area contributed by atoms with Gasteiger partial charge in [0, 0.05) is 38.9 Å². The summed E-state index contributed by atoms with van der Waals surface area (Å²) in [6.07, 6.45) is 0.676. The molecule has 2 heterocycles. The Hall–Kier alpha value is -2.57. The molecular formula is C20H27N3O4. The summed E-state index contributed by atoms with van der Waals surface area (Å²) in [5.74, 6) is 0.105. The molecule has 1 aromatic rings. The molecule has 0 atom stereocenters. The van der Waals surface area contributed by atoms with Gasteiger partial charge in [0.05, 0.1) is 18.9 Å². The summed E-state index contributed by atoms with van der Waals surface area (Å²) in [7, 11) is 3.15. The summed E-state index contributed by atoms with van der Waals surface area (Å²) >= 11 is 0. The van der Waals surface area contributed by atoms with Crippen LogP contribution >= 0.6 is 0 Å². The van der Waals surface area contributed by atoms with Crippen LogP contribution in [0.2, 0.25) is 0 Å². The number of likely N-dealkylation sites (N-methyl/N-ethyl adjacent to an activating group) is 1. The Kier molecular flexibility index (Phi) is 5.13. The fourth-order valence-corrected chi connectivity index (χ4v) is 3.90. The standard InChI is InChI=1S/C20H27N3O4/c1-20(2)15-12-14(6-7-16(15)21(3)18(20)25)13-17(24)22-8-5-9-23(11-10-22)19(26)27-4/h6-7,12H,5,8-11,13H2,1-4H3. The zero-order chi connectivity index (χ0) is 19.8. The van der Waals surface area contributed by atoms with Gasteiger partial charge in [0.1, 0.15) is 0 Å². The van der Waals surface area contributed by atoms with E-state index in [1.54, 1.807) is 21.7 Å². The largest absolute Gasteiger partial charge is 0.453 e. The van der Waals surface area contributed by atoms with Crippen molar-refractivity contribution >= 4 is 23.6 Å². The van der Waals surface area contributed by atoms with Gasteiger partial charge in [-0.1, -0.05) is 12.1 Å². The molecule has 0 unspecified atom stereocenters. The lowest BCUT2D eigenvalue weighted by atomic mass is 9.85. The van der Waals surface area contributed by atoms with Crippen molar-refractivity contribution in [2.24, 2.45) is 0 Å². The highest BCUT2D eigenvalue weighted by atomic mass is 16.5. The zero-order valence-electron chi connectivity index (χ0n) is 16.4. The van der Waals surface area contributed by atoms with Crippen molar-refractivity contribution in [3.8, 4) is 0 Å². The molecular weight excluding hydrogens is 346 g/mol. The second-order valence-corrected chi connectivity index (χ2v) is 7.71. The Morgan fingerprint density at radius 3 is 2.48 bits per heavy atom. The van der Waals surface area contributed by atoms with Gasteiger partial charge in [-0.3, -0.25) is 9.59 Å². The Morgan fingerprint density at radius 2 is 1.78 bits per heavy atom. The Labute approximate surface area is 159 Å². The fraction of sp³-hybridized carbons (Fsp3) is 0.550. The van der Waals surface area contributed by atoms with Crippen LogP contribution in [0.4, 0.5) is 10.5 Å². The number of methoxy groups -OCH3 is 1. The monoisotopic (exact) mass is 373 g/mol. The molecule has 1 saturated heterocycles. The molecule has 7 nitrogen and oxygen atoms in total. The molecule has 7 heteroatoms. The average molecular weight is 373 g/mol. The minimum atomic E-state index is -0.577. The molecule has 0 bridgehead atoms. The van der Waals surface area contributed by atoms with Crippen LogP contribution in [0.1, 0.15) is 31.4 Å². The number of hydrogen-bond acceptors (Lipinski definition) is 4. The Morgan fingerprint density at radius 1 is 1.11 bits per heavy atom. The van der Waals surface area contributed by atoms with Crippen LogP contribution in [0.15, 0.2) is 18.2 Å². The highest BCUT2D eigenvalue weighted by molar-refractivity contribution is 6.07. The van der Waals surface area contributed by atoms with Crippen LogP contribution in [0.3, 0.4) is 0 Å². The predicted octanol–water partition coefficient (Wildman–Crippen LogP) is 1.78. The molecule has 3 amide bonds. The van der Waals surface area contributed by atoms with E-state index in [0.717, 1.165) is 23.2 Å². The summed E-state index contributed by atoms with van der Waals surface area (Å²) in [4.78, 5) is 42.0. The van der Waals surface area contributed by atoms with Crippen molar-refractivity contribution in [1.82, 2.24) is 9.80 Å². The third-order valence-electron chi connectivity index (χ3n) is 5.57. The van der Waals surface area contributed by atoms with Gasteiger partial charge < -0.3 is 19.4 Å². The van der Waals surface area contributed by atoms with Crippen LogP contribution in [-0.2, 0) is 26.2 Å². The maximum absolute atomic E-state index is 12.8. The number of nitrogens with zero attached hydrogens (tertiary/aromatic N) is 3. The van der Waals surface area contributed by atoms with Crippen molar-refractivity contribution in [3.63, 3.8) is 0 Å². The number of anilines is 1. The summed E-state index contributed by atoms with van der Waals surface area (Å²) in [5, 5.41) is 0. The quantitative estimate of drug-likeness (QED) is 0.792. The second-order valence-electron chi connectivity index (χ2n) is 7.71. The van der Waals surface area contributed by atoms with Crippen LogP contribution in [0, 0.1) is 0 Å². The van der Waals surface area contributed by atoms with Gasteiger partial charge in [0.15, 0.2) is 0 Å². The highest BCUT2D eigenvalue weighted by Crippen LogP contribution is 2.41. The molecule has 2 aliphatic heterocycles. The smallest absolute Gasteiger partial charge is 0.409 e. The molecule has 0 N–H and O–H groups in total. The molecule has 2 aliphatic rings. The lowest BCUT2D eigenvalue weighted by Crippen LogP contribution is -2.37. The van der Waals surface area contributed by atoms with Gasteiger partial charge in [-0.25, -0.2) is 4.79 Å². The number of carbonyl (C=O) groups excluding carboxylic acids is 3. The van der Waals surface area contributed by atoms with Crippen molar-refractivity contribution in [3.05, 3.63) is 29.3 Å². The van der Waals surface area contributed by atoms with E-state index < -0.39 is 5.41 Å². The topological polar surface area (TPSA) is 70.2 Å². The average Bonchev–Trinajstić information content (AvgIpc) is 2.86. The van der Waals surface area contributed by atoms with E-state index in [1.807, 2.05) is 32.0 Å². The van der Waals surface area contributed by atoms with Crippen molar-refractivity contribution in [2.45, 2.75) is 32.1 Å². The van der Waals surface area contributed by atoms with E-state index in [4.69, 9.17) is 4.74 Å². The number of carbonyl (C=O) groups is 3. The first-order valence-corrected chi connectivity index (χ1v) is 9.28. The Balaban J connectivity index is 1.70. The number of ether oxygens (including phenoxy) is 1. The number of amides is 3. The lowest BCUT2D eigenvalue weighted by molar-refractivity contribution is -0.130. The molecule has 0 aromatic heterocycles. The summed E-state index contributed by atoms with van der Waals surface area (Å²) in [6, 6.07) is 5.82. The van der Waals surface area contributed by atoms with Crippen LogP contribution in [0.25, 0.3) is 0 Å². The summed E-state index contributed by atoms with van der Waals surface area (Å²) in [6.45, 7) is 6.04. The first kappa shape index (κ1) is 19.2. The summed E-state index contributed by atoms with van der Waals surface area (Å²) < 4.78 is 4.77. The third-order valence-corrected chi connectivity index (χ3v) is 5.57. The normalized spacial score (nSPS) is 19.0. The van der Waals surface area contributed by atoms with E-state index in [2.05, 4.69) is 0 Å². The molecule has 0 aliphatic carbocycles. The van der Waals surface area contributed by atoms with Gasteiger partial charge in [-0.2, -0.15) is 0 Å². The van der Waals surface area contributed by atoms with Crippen LogP contribution in [0.5, 0.6) is 0 Å². The van der Waals surface area contributed by atoms with Crippen LogP contribution in [-0.4, -0.2) is 68.0 Å². The van der Waals surface area contributed by atoms with Crippen molar-refractivity contribution in [1.29, 1.82) is 0 Å². The van der Waals surface area contributed by atoms with E-state index in [0.29, 0.717) is 32.6 Å². The van der Waals surface area contributed by atoms with E-state index in [9.17, 15) is 14.4 Å².